The van der Waals surface area contributed by atoms with Crippen molar-refractivity contribution in [3.05, 3.63) is 77.7 Å². The molecule has 0 bridgehead atoms. The van der Waals surface area contributed by atoms with E-state index in [2.05, 4.69) is 54.7 Å². The van der Waals surface area contributed by atoms with E-state index in [9.17, 15) is 0 Å². The second kappa shape index (κ2) is 4.81. The fourth-order valence-electron chi connectivity index (χ4n) is 3.09. The van der Waals surface area contributed by atoms with Crippen molar-refractivity contribution in [1.82, 2.24) is 0 Å². The van der Waals surface area contributed by atoms with E-state index >= 15 is 0 Å². The minimum Gasteiger partial charge on any atom is -0.467 e. The molecule has 2 nitrogen and oxygen atoms in total. The molecule has 2 heteroatoms. The molecule has 2 aromatic carbocycles. The summed E-state index contributed by atoms with van der Waals surface area (Å²) in [6, 6.07) is 19.4. The van der Waals surface area contributed by atoms with Crippen molar-refractivity contribution < 1.29 is 4.42 Å². The van der Waals surface area contributed by atoms with Gasteiger partial charge in [0.1, 0.15) is 5.76 Å². The van der Waals surface area contributed by atoms with Crippen LogP contribution < -0.4 is 5.32 Å². The number of hydrogen-bond acceptors (Lipinski definition) is 2. The van der Waals surface area contributed by atoms with Crippen molar-refractivity contribution in [2.75, 3.05) is 5.32 Å². The highest BCUT2D eigenvalue weighted by molar-refractivity contribution is 5.78. The maximum absolute atomic E-state index is 5.45. The molecule has 3 aromatic rings. The van der Waals surface area contributed by atoms with E-state index in [1.165, 1.54) is 22.3 Å². The molecule has 0 fully saturated rings. The molecule has 4 rings (SSSR count). The third-order valence-corrected chi connectivity index (χ3v) is 4.15. The second-order valence-corrected chi connectivity index (χ2v) is 5.59. The van der Waals surface area contributed by atoms with Gasteiger partial charge in [-0.1, -0.05) is 30.3 Å². The Morgan fingerprint density at radius 3 is 2.67 bits per heavy atom. The molecule has 0 amide bonds. The van der Waals surface area contributed by atoms with Crippen LogP contribution in [-0.4, -0.2) is 0 Å². The first-order valence-electron chi connectivity index (χ1n) is 7.32. The van der Waals surface area contributed by atoms with E-state index in [4.69, 9.17) is 4.42 Å². The summed E-state index contributed by atoms with van der Waals surface area (Å²) in [6.45, 7) is 2.11. The van der Waals surface area contributed by atoms with Crippen LogP contribution in [0.4, 0.5) is 5.69 Å². The lowest BCUT2D eigenvalue weighted by atomic mass is 10.1. The summed E-state index contributed by atoms with van der Waals surface area (Å²) < 4.78 is 5.45. The summed E-state index contributed by atoms with van der Waals surface area (Å²) in [6.07, 6.45) is 2.74. The Kier molecular flexibility index (Phi) is 2.81. The molecule has 1 aromatic heterocycles. The van der Waals surface area contributed by atoms with Crippen LogP contribution in [0.25, 0.3) is 11.1 Å². The molecule has 1 N–H and O–H groups in total. The van der Waals surface area contributed by atoms with Crippen LogP contribution in [0.1, 0.15) is 29.9 Å². The molecule has 1 unspecified atom stereocenters. The van der Waals surface area contributed by atoms with Crippen LogP contribution >= 0.6 is 0 Å². The third kappa shape index (κ3) is 2.13. The van der Waals surface area contributed by atoms with Gasteiger partial charge in [-0.25, -0.2) is 0 Å². The minimum absolute atomic E-state index is 0.168. The average Bonchev–Trinajstić information content (AvgIpc) is 3.14. The van der Waals surface area contributed by atoms with E-state index in [-0.39, 0.29) is 6.04 Å². The number of anilines is 1. The van der Waals surface area contributed by atoms with Gasteiger partial charge in [0.05, 0.1) is 12.3 Å². The van der Waals surface area contributed by atoms with E-state index < -0.39 is 0 Å². The van der Waals surface area contributed by atoms with Gasteiger partial charge in [0.2, 0.25) is 0 Å². The molecule has 21 heavy (non-hydrogen) atoms. The van der Waals surface area contributed by atoms with Gasteiger partial charge in [-0.05, 0) is 59.9 Å². The zero-order valence-electron chi connectivity index (χ0n) is 12.0. The number of nitrogens with one attached hydrogen (secondary N) is 1. The van der Waals surface area contributed by atoms with Gasteiger partial charge in [0.25, 0.3) is 0 Å². The summed E-state index contributed by atoms with van der Waals surface area (Å²) in [5.41, 5.74) is 6.70. The molecule has 104 valence electrons. The van der Waals surface area contributed by atoms with Crippen molar-refractivity contribution >= 4 is 5.69 Å². The Morgan fingerprint density at radius 1 is 0.952 bits per heavy atom. The molecular formula is C19H17NO. The van der Waals surface area contributed by atoms with Crippen molar-refractivity contribution in [2.24, 2.45) is 0 Å². The highest BCUT2D eigenvalue weighted by atomic mass is 16.3. The fourth-order valence-corrected chi connectivity index (χ4v) is 3.09. The highest BCUT2D eigenvalue weighted by Gasteiger charge is 2.18. The Hall–Kier alpha value is -2.48. The fraction of sp³-hybridized carbons (Fsp3) is 0.158. The first-order valence-corrected chi connectivity index (χ1v) is 7.32. The molecule has 1 aliphatic rings. The lowest BCUT2D eigenvalue weighted by Gasteiger charge is -2.14. The van der Waals surface area contributed by atoms with E-state index in [1.807, 2.05) is 12.1 Å². The SMILES string of the molecule is CC(Nc1ccc2c(c1)Cc1ccccc1-2)c1ccco1. The number of hydrogen-bond donors (Lipinski definition) is 1. The molecular weight excluding hydrogens is 258 g/mol. The van der Waals surface area contributed by atoms with Crippen molar-refractivity contribution in [3.63, 3.8) is 0 Å². The Balaban J connectivity index is 1.62. The Morgan fingerprint density at radius 2 is 1.81 bits per heavy atom. The van der Waals surface area contributed by atoms with Crippen LogP contribution in [0.3, 0.4) is 0 Å². The van der Waals surface area contributed by atoms with Gasteiger partial charge in [0, 0.05) is 5.69 Å². The van der Waals surface area contributed by atoms with Crippen LogP contribution in [0.2, 0.25) is 0 Å². The van der Waals surface area contributed by atoms with Crippen molar-refractivity contribution in [1.29, 1.82) is 0 Å². The van der Waals surface area contributed by atoms with Gasteiger partial charge in [-0.2, -0.15) is 0 Å². The third-order valence-electron chi connectivity index (χ3n) is 4.15. The molecule has 0 aliphatic heterocycles. The predicted molar refractivity (Wildman–Crippen MR) is 85.4 cm³/mol. The first-order chi connectivity index (χ1) is 10.3. The molecule has 0 saturated carbocycles. The largest absolute Gasteiger partial charge is 0.467 e. The van der Waals surface area contributed by atoms with Crippen molar-refractivity contribution in [2.45, 2.75) is 19.4 Å². The van der Waals surface area contributed by atoms with Crippen molar-refractivity contribution in [3.8, 4) is 11.1 Å². The van der Waals surface area contributed by atoms with Gasteiger partial charge in [-0.15, -0.1) is 0 Å². The number of furan rings is 1. The Labute approximate surface area is 124 Å². The molecule has 0 saturated heterocycles. The Bertz CT molecular complexity index is 774. The second-order valence-electron chi connectivity index (χ2n) is 5.59. The monoisotopic (exact) mass is 275 g/mol. The molecule has 1 aliphatic carbocycles. The normalized spacial score (nSPS) is 13.6. The number of benzene rings is 2. The van der Waals surface area contributed by atoms with E-state index in [0.29, 0.717) is 0 Å². The summed E-state index contributed by atoms with van der Waals surface area (Å²) in [4.78, 5) is 0. The zero-order valence-corrected chi connectivity index (χ0v) is 12.0. The van der Waals surface area contributed by atoms with Gasteiger partial charge >= 0.3 is 0 Å². The first kappa shape index (κ1) is 12.3. The molecule has 0 spiro atoms. The standard InChI is InChI=1S/C19H17NO/c1-13(19-7-4-10-21-19)20-16-8-9-18-15(12-16)11-14-5-2-3-6-17(14)18/h2-10,12-13,20H,11H2,1H3. The lowest BCUT2D eigenvalue weighted by Crippen LogP contribution is -2.05. The van der Waals surface area contributed by atoms with Crippen LogP contribution in [0.15, 0.2) is 65.3 Å². The number of rotatable bonds is 3. The average molecular weight is 275 g/mol. The van der Waals surface area contributed by atoms with Gasteiger partial charge in [0.15, 0.2) is 0 Å². The lowest BCUT2D eigenvalue weighted by molar-refractivity contribution is 0.490. The maximum atomic E-state index is 5.45. The summed E-state index contributed by atoms with van der Waals surface area (Å²) in [5.74, 6) is 0.957. The van der Waals surface area contributed by atoms with Gasteiger partial charge < -0.3 is 9.73 Å². The summed E-state index contributed by atoms with van der Waals surface area (Å²) >= 11 is 0. The summed E-state index contributed by atoms with van der Waals surface area (Å²) in [7, 11) is 0. The van der Waals surface area contributed by atoms with Crippen LogP contribution in [0, 0.1) is 0 Å². The molecule has 1 atom stereocenters. The van der Waals surface area contributed by atoms with Crippen LogP contribution in [-0.2, 0) is 6.42 Å². The quantitative estimate of drug-likeness (QED) is 0.567. The van der Waals surface area contributed by atoms with E-state index in [1.54, 1.807) is 6.26 Å². The predicted octanol–water partition coefficient (Wildman–Crippen LogP) is 5.02. The summed E-state index contributed by atoms with van der Waals surface area (Å²) in [5, 5.41) is 3.51. The van der Waals surface area contributed by atoms with Crippen LogP contribution in [0.5, 0.6) is 0 Å². The zero-order chi connectivity index (χ0) is 14.2. The van der Waals surface area contributed by atoms with E-state index in [0.717, 1.165) is 17.9 Å². The topological polar surface area (TPSA) is 25.2 Å². The minimum atomic E-state index is 0.168. The molecule has 1 heterocycles. The smallest absolute Gasteiger partial charge is 0.125 e. The molecule has 0 radical (unpaired) electrons. The van der Waals surface area contributed by atoms with Gasteiger partial charge in [-0.3, -0.25) is 0 Å². The maximum Gasteiger partial charge on any atom is 0.125 e. The number of fused-ring (bicyclic) bond motifs is 3. The highest BCUT2D eigenvalue weighted by Crippen LogP contribution is 2.38.